The minimum absolute atomic E-state index is 0.0576. The summed E-state index contributed by atoms with van der Waals surface area (Å²) in [5, 5.41) is 2.95. The number of carbonyl (C=O) groups excluding carboxylic acids is 1. The zero-order valence-electron chi connectivity index (χ0n) is 13.6. The molecule has 0 aromatic heterocycles. The Morgan fingerprint density at radius 2 is 1.86 bits per heavy atom. The summed E-state index contributed by atoms with van der Waals surface area (Å²) in [5.74, 6) is 0. The van der Waals surface area contributed by atoms with Crippen LogP contribution in [0.25, 0.3) is 0 Å². The van der Waals surface area contributed by atoms with Crippen LogP contribution in [0.3, 0.4) is 0 Å². The summed E-state index contributed by atoms with van der Waals surface area (Å²) in [6, 6.07) is 0.0260. The molecular formula is C14H27N3O4S. The number of hydrogen-bond acceptors (Lipinski definition) is 4. The zero-order valence-corrected chi connectivity index (χ0v) is 14.4. The van der Waals surface area contributed by atoms with E-state index in [0.717, 1.165) is 12.8 Å². The van der Waals surface area contributed by atoms with Gasteiger partial charge < -0.3 is 15.0 Å². The van der Waals surface area contributed by atoms with Crippen molar-refractivity contribution in [1.29, 1.82) is 0 Å². The molecule has 0 bridgehead atoms. The molecule has 1 unspecified atom stereocenters. The molecule has 0 radical (unpaired) electrons. The maximum absolute atomic E-state index is 12.6. The van der Waals surface area contributed by atoms with Crippen LogP contribution in [-0.4, -0.2) is 74.3 Å². The molecule has 1 N–H and O–H groups in total. The Labute approximate surface area is 133 Å². The summed E-state index contributed by atoms with van der Waals surface area (Å²) >= 11 is 0. The highest BCUT2D eigenvalue weighted by molar-refractivity contribution is 7.88. The highest BCUT2D eigenvalue weighted by atomic mass is 32.2. The van der Waals surface area contributed by atoms with Crippen LogP contribution in [-0.2, 0) is 14.8 Å². The SMILES string of the molecule is CC(C)NC(=O)N(C1CCOCC1)C1CCN(S(C)(=O)=O)C1. The predicted octanol–water partition coefficient (Wildman–Crippen LogP) is 0.619. The Morgan fingerprint density at radius 3 is 2.36 bits per heavy atom. The third kappa shape index (κ3) is 4.33. The number of ether oxygens (including phenoxy) is 1. The van der Waals surface area contributed by atoms with E-state index in [9.17, 15) is 13.2 Å². The Bertz CT molecular complexity index is 488. The topological polar surface area (TPSA) is 79.0 Å². The highest BCUT2D eigenvalue weighted by Gasteiger charge is 2.38. The number of rotatable bonds is 4. The first-order chi connectivity index (χ1) is 10.3. The standard InChI is InChI=1S/C14H27N3O4S/c1-11(2)15-14(18)17(12-5-8-21-9-6-12)13-4-7-16(10-13)22(3,19)20/h11-13H,4-10H2,1-3H3,(H,15,18). The molecule has 2 rings (SSSR count). The van der Waals surface area contributed by atoms with E-state index in [0.29, 0.717) is 32.7 Å². The monoisotopic (exact) mass is 333 g/mol. The van der Waals surface area contributed by atoms with E-state index in [-0.39, 0.29) is 24.2 Å². The summed E-state index contributed by atoms with van der Waals surface area (Å²) in [7, 11) is -3.20. The summed E-state index contributed by atoms with van der Waals surface area (Å²) in [5.41, 5.74) is 0. The van der Waals surface area contributed by atoms with E-state index in [2.05, 4.69) is 5.32 Å². The van der Waals surface area contributed by atoms with Gasteiger partial charge in [-0.2, -0.15) is 0 Å². The lowest BCUT2D eigenvalue weighted by Crippen LogP contribution is -2.55. The molecule has 0 aliphatic carbocycles. The van der Waals surface area contributed by atoms with Crippen LogP contribution in [0, 0.1) is 0 Å². The lowest BCUT2D eigenvalue weighted by atomic mass is 10.0. The number of amides is 2. The molecular weight excluding hydrogens is 306 g/mol. The van der Waals surface area contributed by atoms with Crippen molar-refractivity contribution in [3.63, 3.8) is 0 Å². The van der Waals surface area contributed by atoms with Crippen molar-refractivity contribution < 1.29 is 17.9 Å². The summed E-state index contributed by atoms with van der Waals surface area (Å²) in [4.78, 5) is 14.5. The fourth-order valence-corrected chi connectivity index (χ4v) is 4.03. The van der Waals surface area contributed by atoms with E-state index in [4.69, 9.17) is 4.74 Å². The predicted molar refractivity (Wildman–Crippen MR) is 84.2 cm³/mol. The molecule has 2 aliphatic heterocycles. The van der Waals surface area contributed by atoms with Gasteiger partial charge in [0.2, 0.25) is 10.0 Å². The van der Waals surface area contributed by atoms with Gasteiger partial charge in [-0.15, -0.1) is 0 Å². The number of nitrogens with one attached hydrogen (secondary N) is 1. The molecule has 2 fully saturated rings. The van der Waals surface area contributed by atoms with Gasteiger partial charge in [-0.25, -0.2) is 17.5 Å². The lowest BCUT2D eigenvalue weighted by Gasteiger charge is -2.38. The zero-order chi connectivity index (χ0) is 16.3. The van der Waals surface area contributed by atoms with Crippen molar-refractivity contribution in [2.45, 2.75) is 51.2 Å². The van der Waals surface area contributed by atoms with Gasteiger partial charge >= 0.3 is 6.03 Å². The Morgan fingerprint density at radius 1 is 1.23 bits per heavy atom. The van der Waals surface area contributed by atoms with Gasteiger partial charge in [-0.3, -0.25) is 0 Å². The summed E-state index contributed by atoms with van der Waals surface area (Å²) < 4.78 is 30.3. The molecule has 128 valence electrons. The van der Waals surface area contributed by atoms with Crippen LogP contribution in [0.5, 0.6) is 0 Å². The molecule has 0 spiro atoms. The van der Waals surface area contributed by atoms with Gasteiger partial charge in [0.1, 0.15) is 0 Å². The van der Waals surface area contributed by atoms with Crippen molar-refractivity contribution in [1.82, 2.24) is 14.5 Å². The number of carbonyl (C=O) groups is 1. The number of urea groups is 1. The maximum atomic E-state index is 12.6. The van der Waals surface area contributed by atoms with Gasteiger partial charge in [0, 0.05) is 44.4 Å². The molecule has 0 saturated carbocycles. The second-order valence-electron chi connectivity index (χ2n) is 6.42. The van der Waals surface area contributed by atoms with Crippen molar-refractivity contribution in [3.8, 4) is 0 Å². The van der Waals surface area contributed by atoms with Crippen LogP contribution in [0.4, 0.5) is 4.79 Å². The Balaban J connectivity index is 2.12. The molecule has 1 atom stereocenters. The molecule has 2 aliphatic rings. The average Bonchev–Trinajstić information content (AvgIpc) is 2.88. The van der Waals surface area contributed by atoms with Crippen LogP contribution in [0.1, 0.15) is 33.1 Å². The van der Waals surface area contributed by atoms with Crippen LogP contribution < -0.4 is 5.32 Å². The highest BCUT2D eigenvalue weighted by Crippen LogP contribution is 2.24. The minimum atomic E-state index is -3.20. The number of sulfonamides is 1. The normalized spacial score (nSPS) is 24.6. The van der Waals surface area contributed by atoms with E-state index in [1.165, 1.54) is 10.6 Å². The van der Waals surface area contributed by atoms with Gasteiger partial charge in [-0.1, -0.05) is 0 Å². The summed E-state index contributed by atoms with van der Waals surface area (Å²) in [6.07, 6.45) is 3.53. The molecule has 7 nitrogen and oxygen atoms in total. The summed E-state index contributed by atoms with van der Waals surface area (Å²) in [6.45, 7) is 6.03. The van der Waals surface area contributed by atoms with Crippen LogP contribution in [0.2, 0.25) is 0 Å². The largest absolute Gasteiger partial charge is 0.381 e. The smallest absolute Gasteiger partial charge is 0.318 e. The van der Waals surface area contributed by atoms with Crippen molar-refractivity contribution in [3.05, 3.63) is 0 Å². The average molecular weight is 333 g/mol. The third-order valence-electron chi connectivity index (χ3n) is 4.22. The van der Waals surface area contributed by atoms with Crippen molar-refractivity contribution >= 4 is 16.1 Å². The van der Waals surface area contributed by atoms with E-state index in [1.807, 2.05) is 18.7 Å². The van der Waals surface area contributed by atoms with Crippen molar-refractivity contribution in [2.24, 2.45) is 0 Å². The molecule has 2 saturated heterocycles. The van der Waals surface area contributed by atoms with Crippen LogP contribution in [0.15, 0.2) is 0 Å². The quantitative estimate of drug-likeness (QED) is 0.818. The molecule has 2 heterocycles. The van der Waals surface area contributed by atoms with Gasteiger partial charge in [0.15, 0.2) is 0 Å². The first-order valence-corrected chi connectivity index (χ1v) is 9.75. The van der Waals surface area contributed by atoms with Gasteiger partial charge in [0.05, 0.1) is 6.26 Å². The fourth-order valence-electron chi connectivity index (χ4n) is 3.15. The molecule has 0 aromatic rings. The first-order valence-electron chi connectivity index (χ1n) is 7.90. The third-order valence-corrected chi connectivity index (χ3v) is 5.49. The number of hydrogen-bond donors (Lipinski definition) is 1. The minimum Gasteiger partial charge on any atom is -0.381 e. The fraction of sp³-hybridized carbons (Fsp3) is 0.929. The van der Waals surface area contributed by atoms with Gasteiger partial charge in [-0.05, 0) is 33.1 Å². The van der Waals surface area contributed by atoms with E-state index in [1.54, 1.807) is 0 Å². The first kappa shape index (κ1) is 17.5. The lowest BCUT2D eigenvalue weighted by molar-refractivity contribution is 0.0345. The van der Waals surface area contributed by atoms with Crippen molar-refractivity contribution in [2.75, 3.05) is 32.6 Å². The van der Waals surface area contributed by atoms with E-state index >= 15 is 0 Å². The molecule has 8 heteroatoms. The Hall–Kier alpha value is -0.860. The Kier molecular flexibility index (Phi) is 5.68. The second-order valence-corrected chi connectivity index (χ2v) is 8.40. The van der Waals surface area contributed by atoms with Crippen LogP contribution >= 0.6 is 0 Å². The van der Waals surface area contributed by atoms with Gasteiger partial charge in [0.25, 0.3) is 0 Å². The second kappa shape index (κ2) is 7.14. The maximum Gasteiger partial charge on any atom is 0.318 e. The number of nitrogens with zero attached hydrogens (tertiary/aromatic N) is 2. The molecule has 0 aromatic carbocycles. The molecule has 22 heavy (non-hydrogen) atoms. The molecule has 2 amide bonds. The van der Waals surface area contributed by atoms with E-state index < -0.39 is 10.0 Å².